The molecule has 0 N–H and O–H groups in total. The second kappa shape index (κ2) is 7.02. The van der Waals surface area contributed by atoms with Gasteiger partial charge in [0.2, 0.25) is 0 Å². The zero-order chi connectivity index (χ0) is 16.2. The van der Waals surface area contributed by atoms with Gasteiger partial charge in [0.1, 0.15) is 11.4 Å². The van der Waals surface area contributed by atoms with Crippen LogP contribution >= 0.6 is 0 Å². The summed E-state index contributed by atoms with van der Waals surface area (Å²) in [7, 11) is -4.16. The monoisotopic (exact) mass is 334 g/mol. The molecule has 0 spiro atoms. The van der Waals surface area contributed by atoms with Gasteiger partial charge >= 0.3 is 0 Å². The Balaban J connectivity index is 2.36. The highest BCUT2D eigenvalue weighted by Gasteiger charge is 2.54. The van der Waals surface area contributed by atoms with Crippen molar-refractivity contribution in [2.24, 2.45) is 0 Å². The maximum absolute atomic E-state index is 14.8. The van der Waals surface area contributed by atoms with E-state index in [1.807, 2.05) is 0 Å². The molecule has 1 saturated heterocycles. The fourth-order valence-electron chi connectivity index (χ4n) is 2.51. The Morgan fingerprint density at radius 1 is 1.27 bits per heavy atom. The summed E-state index contributed by atoms with van der Waals surface area (Å²) in [6, 6.07) is 7.37. The van der Waals surface area contributed by atoms with Crippen LogP contribution in [0.25, 0.3) is 0 Å². The highest BCUT2D eigenvalue weighted by Crippen LogP contribution is 2.36. The minimum absolute atomic E-state index is 0.0461. The molecule has 7 heteroatoms. The van der Waals surface area contributed by atoms with Crippen LogP contribution in [0.15, 0.2) is 35.2 Å². The van der Waals surface area contributed by atoms with E-state index in [-0.39, 0.29) is 31.1 Å². The fourth-order valence-corrected chi connectivity index (χ4v) is 4.48. The van der Waals surface area contributed by atoms with Crippen LogP contribution in [0.2, 0.25) is 0 Å². The van der Waals surface area contributed by atoms with Gasteiger partial charge in [0.25, 0.3) is 5.92 Å². The van der Waals surface area contributed by atoms with Crippen molar-refractivity contribution in [1.29, 1.82) is 0 Å². The largest absolute Gasteiger partial charge is 0.376 e. The second-order valence-corrected chi connectivity index (χ2v) is 7.37. The van der Waals surface area contributed by atoms with Gasteiger partial charge in [-0.25, -0.2) is 17.2 Å². The highest BCUT2D eigenvalue weighted by molar-refractivity contribution is 7.92. The van der Waals surface area contributed by atoms with Crippen LogP contribution in [-0.2, 0) is 19.3 Å². The van der Waals surface area contributed by atoms with E-state index in [1.54, 1.807) is 13.0 Å². The van der Waals surface area contributed by atoms with Crippen molar-refractivity contribution in [2.45, 2.75) is 41.9 Å². The molecular weight excluding hydrogens is 314 g/mol. The number of rotatable bonds is 6. The van der Waals surface area contributed by atoms with Crippen molar-refractivity contribution < 1.29 is 26.7 Å². The first-order valence-electron chi connectivity index (χ1n) is 7.26. The Bertz CT molecular complexity index is 568. The lowest BCUT2D eigenvalue weighted by atomic mass is 10.1. The topological polar surface area (TPSA) is 52.6 Å². The summed E-state index contributed by atoms with van der Waals surface area (Å²) in [6.07, 6.45) is -1.33. The quantitative estimate of drug-likeness (QED) is 0.803. The number of sulfone groups is 1. The molecule has 2 rings (SSSR count). The summed E-state index contributed by atoms with van der Waals surface area (Å²) < 4.78 is 64.9. The lowest BCUT2D eigenvalue weighted by molar-refractivity contribution is -0.194. The first kappa shape index (κ1) is 17.3. The van der Waals surface area contributed by atoms with Crippen molar-refractivity contribution in [3.05, 3.63) is 30.3 Å². The molecule has 0 radical (unpaired) electrons. The third-order valence-electron chi connectivity index (χ3n) is 3.67. The summed E-state index contributed by atoms with van der Waals surface area (Å²) in [5.74, 6) is -3.51. The summed E-state index contributed by atoms with van der Waals surface area (Å²) in [6.45, 7) is 1.68. The Kier molecular flexibility index (Phi) is 5.52. The standard InChI is InChI=1S/C15H20F2O4S/c1-2-6-14(15(16,17)13-11-20-9-10-21-13)22(18,19)12-7-4-3-5-8-12/h3-5,7-8,13-14H,2,6,9-11H2,1H3. The van der Waals surface area contributed by atoms with Crippen LogP contribution in [0.3, 0.4) is 0 Å². The molecule has 0 amide bonds. The molecule has 1 aliphatic rings. The normalized spacial score (nSPS) is 21.5. The third kappa shape index (κ3) is 3.47. The lowest BCUT2D eigenvalue weighted by Crippen LogP contribution is -2.53. The zero-order valence-electron chi connectivity index (χ0n) is 12.4. The van der Waals surface area contributed by atoms with Crippen LogP contribution in [-0.4, -0.2) is 45.5 Å². The molecule has 22 heavy (non-hydrogen) atoms. The molecule has 1 fully saturated rings. The average Bonchev–Trinajstić information content (AvgIpc) is 2.54. The number of benzene rings is 1. The third-order valence-corrected chi connectivity index (χ3v) is 5.90. The second-order valence-electron chi connectivity index (χ2n) is 5.24. The smallest absolute Gasteiger partial charge is 0.292 e. The lowest BCUT2D eigenvalue weighted by Gasteiger charge is -2.35. The molecule has 0 aliphatic carbocycles. The van der Waals surface area contributed by atoms with Crippen molar-refractivity contribution in [2.75, 3.05) is 19.8 Å². The Morgan fingerprint density at radius 3 is 2.50 bits per heavy atom. The van der Waals surface area contributed by atoms with Crippen molar-refractivity contribution in [1.82, 2.24) is 0 Å². The van der Waals surface area contributed by atoms with Gasteiger partial charge in [-0.05, 0) is 18.6 Å². The predicted octanol–water partition coefficient (Wildman–Crippen LogP) is 2.68. The van der Waals surface area contributed by atoms with Crippen LogP contribution in [0.1, 0.15) is 19.8 Å². The fraction of sp³-hybridized carbons (Fsp3) is 0.600. The van der Waals surface area contributed by atoms with E-state index < -0.39 is 27.1 Å². The van der Waals surface area contributed by atoms with Gasteiger partial charge in [0.05, 0.1) is 24.7 Å². The van der Waals surface area contributed by atoms with Crippen molar-refractivity contribution >= 4 is 9.84 Å². The van der Waals surface area contributed by atoms with Crippen LogP contribution in [0, 0.1) is 0 Å². The minimum atomic E-state index is -4.16. The molecule has 1 heterocycles. The molecule has 0 saturated carbocycles. The zero-order valence-corrected chi connectivity index (χ0v) is 13.2. The van der Waals surface area contributed by atoms with Gasteiger partial charge in [-0.3, -0.25) is 0 Å². The predicted molar refractivity (Wildman–Crippen MR) is 77.8 cm³/mol. The first-order valence-corrected chi connectivity index (χ1v) is 8.81. The van der Waals surface area contributed by atoms with Gasteiger partial charge in [-0.1, -0.05) is 31.5 Å². The number of hydrogen-bond acceptors (Lipinski definition) is 4. The van der Waals surface area contributed by atoms with E-state index in [4.69, 9.17) is 9.47 Å². The number of alkyl halides is 2. The molecule has 0 aromatic heterocycles. The Morgan fingerprint density at radius 2 is 1.95 bits per heavy atom. The Labute approximate surface area is 129 Å². The maximum atomic E-state index is 14.8. The highest BCUT2D eigenvalue weighted by atomic mass is 32.2. The number of halogens is 2. The van der Waals surface area contributed by atoms with E-state index in [0.717, 1.165) is 0 Å². The summed E-state index contributed by atoms with van der Waals surface area (Å²) >= 11 is 0. The van der Waals surface area contributed by atoms with Crippen molar-refractivity contribution in [3.8, 4) is 0 Å². The minimum Gasteiger partial charge on any atom is -0.376 e. The van der Waals surface area contributed by atoms with Gasteiger partial charge < -0.3 is 9.47 Å². The van der Waals surface area contributed by atoms with E-state index >= 15 is 0 Å². The first-order chi connectivity index (χ1) is 10.4. The van der Waals surface area contributed by atoms with Crippen LogP contribution in [0.5, 0.6) is 0 Å². The molecule has 1 aromatic carbocycles. The van der Waals surface area contributed by atoms with Crippen LogP contribution in [0.4, 0.5) is 8.78 Å². The number of hydrogen-bond donors (Lipinski definition) is 0. The molecule has 1 aliphatic heterocycles. The molecule has 2 atom stereocenters. The molecule has 4 nitrogen and oxygen atoms in total. The molecular formula is C15H20F2O4S. The molecule has 0 bridgehead atoms. The van der Waals surface area contributed by atoms with Gasteiger partial charge in [0, 0.05) is 0 Å². The van der Waals surface area contributed by atoms with Crippen molar-refractivity contribution in [3.63, 3.8) is 0 Å². The summed E-state index contributed by atoms with van der Waals surface area (Å²) in [4.78, 5) is -0.0927. The van der Waals surface area contributed by atoms with Gasteiger partial charge in [0.15, 0.2) is 9.84 Å². The van der Waals surface area contributed by atoms with Gasteiger partial charge in [-0.2, -0.15) is 0 Å². The Hall–Kier alpha value is -1.05. The maximum Gasteiger partial charge on any atom is 0.292 e. The number of ether oxygens (including phenoxy) is 2. The summed E-state index contributed by atoms with van der Waals surface area (Å²) in [5, 5.41) is -1.82. The average molecular weight is 334 g/mol. The SMILES string of the molecule is CCCC(C(F)(F)C1COCCO1)S(=O)(=O)c1ccccc1. The van der Waals surface area contributed by atoms with E-state index in [2.05, 4.69) is 0 Å². The molecule has 2 unspecified atom stereocenters. The van der Waals surface area contributed by atoms with Gasteiger partial charge in [-0.15, -0.1) is 0 Å². The molecule has 1 aromatic rings. The van der Waals surface area contributed by atoms with E-state index in [1.165, 1.54) is 24.3 Å². The summed E-state index contributed by atoms with van der Waals surface area (Å²) in [5.41, 5.74) is 0. The van der Waals surface area contributed by atoms with E-state index in [0.29, 0.717) is 6.42 Å². The van der Waals surface area contributed by atoms with E-state index in [9.17, 15) is 17.2 Å². The molecule has 124 valence electrons. The van der Waals surface area contributed by atoms with Crippen LogP contribution < -0.4 is 0 Å².